The Morgan fingerprint density at radius 3 is 2.04 bits per heavy atom. The van der Waals surface area contributed by atoms with Crippen molar-refractivity contribution in [3.8, 4) is 5.75 Å². The van der Waals surface area contributed by atoms with Gasteiger partial charge in [-0.2, -0.15) is 4.99 Å². The van der Waals surface area contributed by atoms with E-state index in [1.165, 1.54) is 17.0 Å². The third-order valence-electron chi connectivity index (χ3n) is 8.62. The summed E-state index contributed by atoms with van der Waals surface area (Å²) in [6.45, 7) is 0.132. The molecule has 3 amide bonds. The van der Waals surface area contributed by atoms with Gasteiger partial charge in [0.25, 0.3) is 0 Å². The van der Waals surface area contributed by atoms with Gasteiger partial charge in [-0.15, -0.1) is 0 Å². The van der Waals surface area contributed by atoms with Gasteiger partial charge >= 0.3 is 5.97 Å². The second kappa shape index (κ2) is 16.6. The predicted molar refractivity (Wildman–Crippen MR) is 191 cm³/mol. The van der Waals surface area contributed by atoms with E-state index in [2.05, 4.69) is 33.0 Å². The van der Waals surface area contributed by atoms with Gasteiger partial charge in [-0.1, -0.05) is 78.9 Å². The van der Waals surface area contributed by atoms with Gasteiger partial charge in [-0.3, -0.25) is 14.4 Å². The summed E-state index contributed by atoms with van der Waals surface area (Å²) >= 11 is 4.68. The number of thiocarbonyl (C=S) groups is 1. The molecule has 0 bridgehead atoms. The van der Waals surface area contributed by atoms with Crippen molar-refractivity contribution in [1.29, 1.82) is 0 Å². The van der Waals surface area contributed by atoms with Gasteiger partial charge in [0.15, 0.2) is 0 Å². The first-order chi connectivity index (χ1) is 24.1. The quantitative estimate of drug-likeness (QED) is 0.105. The number of aromatic hydroxyl groups is 1. The Kier molecular flexibility index (Phi) is 11.8. The first-order valence-corrected chi connectivity index (χ1v) is 16.5. The first kappa shape index (κ1) is 35.6. The standard InChI is InChI=1S/C38H37N5O6S/c39-31(18-25-12-16-30(44)17-13-25)37(47)43-22-28-9-5-4-8-27(28)21-34(43)36(46)41-32(19-26-10-14-29(15-11-26)40-23-50)35(45)42-33(38(48)49)20-24-6-2-1-3-7-24/h1-17,31-34,44H,18-22,39H2,(H,41,46)(H,42,45)(H,48,49)/t31?,32-,33-,34-/m0/s1. The number of phenolic OH excluding ortho intramolecular Hbond substituents is 1. The highest BCUT2D eigenvalue weighted by Gasteiger charge is 2.38. The molecule has 0 aromatic heterocycles. The molecular formula is C38H37N5O6S. The number of carbonyl (C=O) groups is 4. The number of aliphatic carboxylic acids is 1. The molecule has 5 rings (SSSR count). The van der Waals surface area contributed by atoms with Crippen LogP contribution in [0.4, 0.5) is 5.69 Å². The van der Waals surface area contributed by atoms with Gasteiger partial charge < -0.3 is 31.5 Å². The number of aliphatic imine (C=N–C) groups is 1. The molecule has 256 valence electrons. The summed E-state index contributed by atoms with van der Waals surface area (Å²) in [5.41, 5.74) is 10.8. The lowest BCUT2D eigenvalue weighted by Gasteiger charge is -2.38. The maximum absolute atomic E-state index is 14.2. The van der Waals surface area contributed by atoms with Crippen molar-refractivity contribution in [3.05, 3.63) is 131 Å². The zero-order chi connectivity index (χ0) is 35.6. The minimum Gasteiger partial charge on any atom is -0.508 e. The van der Waals surface area contributed by atoms with E-state index in [1.54, 1.807) is 60.7 Å². The van der Waals surface area contributed by atoms with E-state index < -0.39 is 47.9 Å². The number of isothiocyanates is 1. The number of nitrogens with zero attached hydrogens (tertiary/aromatic N) is 2. The summed E-state index contributed by atoms with van der Waals surface area (Å²) in [6, 6.07) is 25.2. The summed E-state index contributed by atoms with van der Waals surface area (Å²) < 4.78 is 0. The van der Waals surface area contributed by atoms with E-state index in [1.807, 2.05) is 30.3 Å². The van der Waals surface area contributed by atoms with E-state index in [9.17, 15) is 29.4 Å². The number of hydrogen-bond donors (Lipinski definition) is 5. The Hall–Kier alpha value is -5.68. The Morgan fingerprint density at radius 1 is 0.800 bits per heavy atom. The Morgan fingerprint density at radius 2 is 1.38 bits per heavy atom. The molecule has 0 saturated carbocycles. The van der Waals surface area contributed by atoms with Crippen LogP contribution in [0.5, 0.6) is 5.75 Å². The lowest BCUT2D eigenvalue weighted by molar-refractivity contribution is -0.144. The number of carboxylic acids is 1. The number of carbonyl (C=O) groups excluding carboxylic acids is 3. The van der Waals surface area contributed by atoms with Crippen molar-refractivity contribution in [1.82, 2.24) is 15.5 Å². The highest BCUT2D eigenvalue weighted by molar-refractivity contribution is 7.78. The average molecular weight is 692 g/mol. The van der Waals surface area contributed by atoms with E-state index >= 15 is 0 Å². The van der Waals surface area contributed by atoms with Gasteiger partial charge in [-0.05, 0) is 70.7 Å². The third-order valence-corrected chi connectivity index (χ3v) is 8.72. The van der Waals surface area contributed by atoms with Gasteiger partial charge in [0.05, 0.1) is 16.9 Å². The minimum absolute atomic E-state index is 0.0223. The van der Waals surface area contributed by atoms with Crippen LogP contribution in [0.1, 0.15) is 27.8 Å². The Labute approximate surface area is 294 Å². The average Bonchev–Trinajstić information content (AvgIpc) is 3.12. The fourth-order valence-electron chi connectivity index (χ4n) is 5.97. The van der Waals surface area contributed by atoms with Gasteiger partial charge in [0.1, 0.15) is 23.9 Å². The van der Waals surface area contributed by atoms with Crippen molar-refractivity contribution in [3.63, 3.8) is 0 Å². The van der Waals surface area contributed by atoms with E-state index in [4.69, 9.17) is 5.73 Å². The van der Waals surface area contributed by atoms with Gasteiger partial charge in [0.2, 0.25) is 17.7 Å². The van der Waals surface area contributed by atoms with Crippen molar-refractivity contribution in [2.24, 2.45) is 10.7 Å². The zero-order valence-corrected chi connectivity index (χ0v) is 27.9. The molecule has 4 aromatic carbocycles. The number of benzene rings is 4. The molecule has 4 aromatic rings. The summed E-state index contributed by atoms with van der Waals surface area (Å²) in [4.78, 5) is 59.5. The number of rotatable bonds is 13. The van der Waals surface area contributed by atoms with Crippen LogP contribution in [0.2, 0.25) is 0 Å². The molecule has 0 aliphatic carbocycles. The number of nitrogens with two attached hydrogens (primary N) is 1. The normalized spacial score (nSPS) is 15.4. The topological polar surface area (TPSA) is 174 Å². The second-order valence-electron chi connectivity index (χ2n) is 12.2. The lowest BCUT2D eigenvalue weighted by atomic mass is 9.92. The fraction of sp³-hybridized carbons (Fsp3) is 0.237. The largest absolute Gasteiger partial charge is 0.508 e. The molecule has 6 N–H and O–H groups in total. The molecule has 0 spiro atoms. The van der Waals surface area contributed by atoms with Crippen LogP contribution in [0.15, 0.2) is 108 Å². The second-order valence-corrected chi connectivity index (χ2v) is 12.3. The summed E-state index contributed by atoms with van der Waals surface area (Å²) in [5.74, 6) is -2.86. The number of phenols is 1. The molecule has 1 aliphatic heterocycles. The number of nitrogens with one attached hydrogen (secondary N) is 2. The highest BCUT2D eigenvalue weighted by Crippen LogP contribution is 2.25. The molecule has 50 heavy (non-hydrogen) atoms. The zero-order valence-electron chi connectivity index (χ0n) is 27.1. The molecule has 0 radical (unpaired) electrons. The smallest absolute Gasteiger partial charge is 0.326 e. The summed E-state index contributed by atoms with van der Waals surface area (Å²) in [5, 5.41) is 27.4. The van der Waals surface area contributed by atoms with Crippen LogP contribution in [0.25, 0.3) is 0 Å². The molecule has 12 heteroatoms. The van der Waals surface area contributed by atoms with E-state index in [0.29, 0.717) is 16.8 Å². The Bertz CT molecular complexity index is 1880. The highest BCUT2D eigenvalue weighted by atomic mass is 32.1. The van der Waals surface area contributed by atoms with Crippen molar-refractivity contribution < 1.29 is 29.4 Å². The fourth-order valence-corrected chi connectivity index (χ4v) is 6.07. The van der Waals surface area contributed by atoms with Crippen LogP contribution in [0, 0.1) is 0 Å². The number of amides is 3. The van der Waals surface area contributed by atoms with Crippen LogP contribution in [-0.2, 0) is 51.4 Å². The molecule has 1 unspecified atom stereocenters. The number of carboxylic acid groups (broad SMARTS) is 1. The molecule has 1 aliphatic rings. The lowest BCUT2D eigenvalue weighted by Crippen LogP contribution is -2.60. The minimum atomic E-state index is -1.26. The van der Waals surface area contributed by atoms with Gasteiger partial charge in [-0.25, -0.2) is 4.79 Å². The summed E-state index contributed by atoms with van der Waals surface area (Å²) in [6.07, 6.45) is 0.420. The molecule has 4 atom stereocenters. The monoisotopic (exact) mass is 691 g/mol. The SMILES string of the molecule is NC(Cc1ccc(O)cc1)C(=O)N1Cc2ccccc2C[C@H]1C(=O)N[C@@H](Cc1ccc(N=C=S)cc1)C(=O)N[C@@H](Cc1ccccc1)C(=O)O. The predicted octanol–water partition coefficient (Wildman–Crippen LogP) is 3.49. The van der Waals surface area contributed by atoms with Crippen LogP contribution in [0.3, 0.4) is 0 Å². The maximum atomic E-state index is 14.2. The third kappa shape index (κ3) is 9.26. The molecule has 0 saturated heterocycles. The molecule has 11 nitrogen and oxygen atoms in total. The number of fused-ring (bicyclic) bond motifs is 1. The van der Waals surface area contributed by atoms with E-state index in [0.717, 1.165) is 16.7 Å². The van der Waals surface area contributed by atoms with Crippen molar-refractivity contribution in [2.45, 2.75) is 56.4 Å². The number of hydrogen-bond acceptors (Lipinski definition) is 8. The van der Waals surface area contributed by atoms with Gasteiger partial charge in [0, 0.05) is 25.8 Å². The summed E-state index contributed by atoms with van der Waals surface area (Å²) in [7, 11) is 0. The van der Waals surface area contributed by atoms with Crippen LogP contribution in [-0.4, -0.2) is 68.1 Å². The molecular weight excluding hydrogens is 655 g/mol. The molecule has 1 heterocycles. The first-order valence-electron chi connectivity index (χ1n) is 16.1. The molecule has 0 fully saturated rings. The van der Waals surface area contributed by atoms with E-state index in [-0.39, 0.29) is 38.0 Å². The van der Waals surface area contributed by atoms with Crippen LogP contribution >= 0.6 is 12.2 Å². The van der Waals surface area contributed by atoms with Crippen molar-refractivity contribution in [2.75, 3.05) is 0 Å². The van der Waals surface area contributed by atoms with Crippen molar-refractivity contribution >= 4 is 46.8 Å². The Balaban J connectivity index is 1.40. The van der Waals surface area contributed by atoms with Crippen LogP contribution < -0.4 is 16.4 Å². The maximum Gasteiger partial charge on any atom is 0.326 e.